The number of hydrogen-bond donors (Lipinski definition) is 14. The van der Waals surface area contributed by atoms with E-state index in [1.54, 1.807) is 58.0 Å². The zero-order valence-electron chi connectivity index (χ0n) is 44.8. The molecule has 1 aromatic heterocycles. The number of nitrogens with one attached hydrogen (secondary N) is 8. The molecule has 432 valence electrons. The lowest BCUT2D eigenvalue weighted by atomic mass is 9.96. The SMILES string of the molecule is CC[C@H](C)[C@H](NC(=O)[C@H](Cc1cnc[nH]1)NC(=O)[C@@H](NC(=O)[C@@H](NC(=O)[C@H](CCC(=O)O)NC(=O)[C@@H]1CCCN1C(=O)[C@H](Cc1ccccc1)NC(=O)[C@H](Cc1ccc(O)cc1)NC(=O)[C@@H](N)CO)[C@@H](C)CC)[C@@H](C)O)C(=O)O. The van der Waals surface area contributed by atoms with Gasteiger partial charge in [-0.2, -0.15) is 0 Å². The first kappa shape index (κ1) is 63.6. The summed E-state index contributed by atoms with van der Waals surface area (Å²) in [6.07, 6.45) is 0.591. The van der Waals surface area contributed by atoms with Crippen LogP contribution in [0.3, 0.4) is 0 Å². The van der Waals surface area contributed by atoms with Crippen LogP contribution in [0.25, 0.3) is 0 Å². The number of phenols is 1. The summed E-state index contributed by atoms with van der Waals surface area (Å²) in [5, 5.41) is 67.5. The Morgan fingerprint density at radius 2 is 1.20 bits per heavy atom. The number of aliphatic carboxylic acids is 2. The van der Waals surface area contributed by atoms with Crippen LogP contribution in [0.5, 0.6) is 5.75 Å². The minimum absolute atomic E-state index is 0.0207. The van der Waals surface area contributed by atoms with E-state index in [0.29, 0.717) is 29.7 Å². The van der Waals surface area contributed by atoms with Crippen molar-refractivity contribution in [3.63, 3.8) is 0 Å². The molecule has 4 rings (SSSR count). The molecule has 2 aromatic carbocycles. The van der Waals surface area contributed by atoms with Crippen LogP contribution in [0.15, 0.2) is 67.1 Å². The van der Waals surface area contributed by atoms with Gasteiger partial charge in [0.2, 0.25) is 47.3 Å². The van der Waals surface area contributed by atoms with Gasteiger partial charge in [0, 0.05) is 44.1 Å². The average Bonchev–Trinajstić information content (AvgIpc) is 4.16. The summed E-state index contributed by atoms with van der Waals surface area (Å²) in [6.45, 7) is 7.12. The summed E-state index contributed by atoms with van der Waals surface area (Å²) in [4.78, 5) is 144. The maximum absolute atomic E-state index is 14.7. The number of aliphatic hydroxyl groups excluding tert-OH is 2. The monoisotopic (exact) mass is 1110 g/mol. The molecule has 26 heteroatoms. The van der Waals surface area contributed by atoms with E-state index in [2.05, 4.69) is 47.2 Å². The van der Waals surface area contributed by atoms with Crippen LogP contribution in [-0.4, -0.2) is 173 Å². The van der Waals surface area contributed by atoms with Gasteiger partial charge in [0.15, 0.2) is 0 Å². The zero-order chi connectivity index (χ0) is 58.5. The highest BCUT2D eigenvalue weighted by Gasteiger charge is 2.41. The number of imidazole rings is 1. The van der Waals surface area contributed by atoms with Gasteiger partial charge in [0.25, 0.3) is 0 Å². The molecule has 12 atom stereocenters. The Balaban J connectivity index is 1.57. The molecule has 1 aliphatic heterocycles. The van der Waals surface area contributed by atoms with E-state index < -0.39 is 151 Å². The second-order valence-corrected chi connectivity index (χ2v) is 19.8. The number of benzene rings is 2. The van der Waals surface area contributed by atoms with Crippen molar-refractivity contribution in [3.05, 3.63) is 83.9 Å². The van der Waals surface area contributed by atoms with Crippen molar-refractivity contribution in [3.8, 4) is 5.75 Å². The lowest BCUT2D eigenvalue weighted by molar-refractivity contribution is -0.144. The normalized spacial score (nSPS) is 17.3. The van der Waals surface area contributed by atoms with Crippen molar-refractivity contribution < 1.29 is 73.5 Å². The van der Waals surface area contributed by atoms with Gasteiger partial charge in [-0.15, -0.1) is 0 Å². The third-order valence-electron chi connectivity index (χ3n) is 13.8. The predicted octanol–water partition coefficient (Wildman–Crippen LogP) is -1.73. The van der Waals surface area contributed by atoms with Crippen LogP contribution in [0.1, 0.15) is 90.0 Å². The van der Waals surface area contributed by atoms with Crippen LogP contribution in [-0.2, 0) is 67.2 Å². The Bertz CT molecular complexity index is 2550. The Hall–Kier alpha value is -7.97. The van der Waals surface area contributed by atoms with Crippen molar-refractivity contribution in [1.29, 1.82) is 0 Å². The molecule has 8 amide bonds. The van der Waals surface area contributed by atoms with Crippen LogP contribution < -0.4 is 43.0 Å². The van der Waals surface area contributed by atoms with Crippen molar-refractivity contribution in [2.24, 2.45) is 17.6 Å². The number of carboxylic acids is 2. The molecule has 0 saturated carbocycles. The van der Waals surface area contributed by atoms with E-state index >= 15 is 0 Å². The smallest absolute Gasteiger partial charge is 0.326 e. The summed E-state index contributed by atoms with van der Waals surface area (Å²) >= 11 is 0. The number of hydrogen-bond acceptors (Lipinski definition) is 15. The number of H-pyrrole nitrogens is 1. The number of rotatable bonds is 31. The fourth-order valence-electron chi connectivity index (χ4n) is 8.70. The van der Waals surface area contributed by atoms with Gasteiger partial charge in [-0.05, 0) is 61.3 Å². The lowest BCUT2D eigenvalue weighted by Crippen LogP contribution is -2.63. The van der Waals surface area contributed by atoms with Crippen LogP contribution in [0.2, 0.25) is 0 Å². The number of carbonyl (C=O) groups is 10. The number of aromatic nitrogens is 2. The molecule has 1 fully saturated rings. The van der Waals surface area contributed by atoms with Crippen molar-refractivity contribution in [1.82, 2.24) is 52.1 Å². The molecule has 79 heavy (non-hydrogen) atoms. The van der Waals surface area contributed by atoms with E-state index in [1.807, 2.05) is 0 Å². The number of aromatic amines is 1. The molecule has 15 N–H and O–H groups in total. The number of nitrogens with zero attached hydrogens (tertiary/aromatic N) is 2. The van der Waals surface area contributed by atoms with Crippen LogP contribution >= 0.6 is 0 Å². The Morgan fingerprint density at radius 3 is 1.78 bits per heavy atom. The first-order valence-corrected chi connectivity index (χ1v) is 26.2. The Morgan fingerprint density at radius 1 is 0.671 bits per heavy atom. The highest BCUT2D eigenvalue weighted by Crippen LogP contribution is 2.22. The number of phenolic OH excluding ortho intramolecular Hbond substituents is 1. The van der Waals surface area contributed by atoms with E-state index in [1.165, 1.54) is 48.6 Å². The molecule has 0 unspecified atom stereocenters. The van der Waals surface area contributed by atoms with Gasteiger partial charge in [0.05, 0.1) is 19.0 Å². The lowest BCUT2D eigenvalue weighted by Gasteiger charge is -2.32. The zero-order valence-corrected chi connectivity index (χ0v) is 44.8. The number of carbonyl (C=O) groups excluding carboxylic acids is 8. The van der Waals surface area contributed by atoms with E-state index in [9.17, 15) is 73.5 Å². The van der Waals surface area contributed by atoms with Gasteiger partial charge >= 0.3 is 11.9 Å². The third kappa shape index (κ3) is 19.2. The highest BCUT2D eigenvalue weighted by molar-refractivity contribution is 5.98. The molecule has 0 radical (unpaired) electrons. The second-order valence-electron chi connectivity index (χ2n) is 19.8. The standard InChI is InChI=1S/C53H75N11O15/c1-6-28(3)42(50(75)63-44(30(5)66)51(76)59-38(24-33-25-55-27-56-33)48(73)62-43(53(78)79)29(4)7-2)61-46(71)36(19-20-41(68)69)57-49(74)40-14-11-21-64(40)52(77)39(23-31-12-9-8-10-13-31)60-47(72)37(58-45(70)35(54)26-65)22-32-15-17-34(67)18-16-32/h8-10,12-13,15-18,25,27-30,35-40,42-44,65-67H,6-7,11,14,19-24,26,54H2,1-5H3,(H,55,56)(H,57,74)(H,58,70)(H,59,76)(H,60,72)(H,61,71)(H,62,73)(H,63,75)(H,68,69)(H,78,79)/t28-,29-,30+,35-,36-,37-,38-,39-,40-,42-,43-,44-/m0/s1. The van der Waals surface area contributed by atoms with Gasteiger partial charge in [0.1, 0.15) is 60.1 Å². The number of nitrogens with two attached hydrogens (primary N) is 1. The van der Waals surface area contributed by atoms with Crippen LogP contribution in [0, 0.1) is 11.8 Å². The van der Waals surface area contributed by atoms with Crippen molar-refractivity contribution in [2.45, 2.75) is 153 Å². The van der Waals surface area contributed by atoms with Crippen molar-refractivity contribution in [2.75, 3.05) is 13.2 Å². The Labute approximate surface area is 456 Å². The number of likely N-dealkylation sites (tertiary alicyclic amines) is 1. The van der Waals surface area contributed by atoms with Gasteiger partial charge < -0.3 is 78.4 Å². The summed E-state index contributed by atoms with van der Waals surface area (Å²) in [6, 6.07) is 1.47. The second kappa shape index (κ2) is 30.8. The molecular weight excluding hydrogens is 1030 g/mol. The number of carboxylic acid groups (broad SMARTS) is 2. The van der Waals surface area contributed by atoms with E-state index in [-0.39, 0.29) is 44.4 Å². The van der Waals surface area contributed by atoms with Crippen molar-refractivity contribution >= 4 is 59.2 Å². The first-order chi connectivity index (χ1) is 37.5. The largest absolute Gasteiger partial charge is 0.508 e. The fourth-order valence-corrected chi connectivity index (χ4v) is 8.70. The summed E-state index contributed by atoms with van der Waals surface area (Å²) in [7, 11) is 0. The molecule has 2 heterocycles. The number of amides is 8. The minimum atomic E-state index is -1.75. The van der Waals surface area contributed by atoms with Gasteiger partial charge in [-0.25, -0.2) is 9.78 Å². The summed E-state index contributed by atoms with van der Waals surface area (Å²) in [5.74, 6) is -11.1. The van der Waals surface area contributed by atoms with E-state index in [4.69, 9.17) is 5.73 Å². The van der Waals surface area contributed by atoms with Crippen LogP contribution in [0.4, 0.5) is 0 Å². The molecular formula is C53H75N11O15. The third-order valence-corrected chi connectivity index (χ3v) is 13.8. The van der Waals surface area contributed by atoms with E-state index in [0.717, 1.165) is 0 Å². The average molecular weight is 1110 g/mol. The molecule has 26 nitrogen and oxygen atoms in total. The molecule has 3 aromatic rings. The van der Waals surface area contributed by atoms with Gasteiger partial charge in [-0.1, -0.05) is 83.0 Å². The minimum Gasteiger partial charge on any atom is -0.508 e. The predicted molar refractivity (Wildman–Crippen MR) is 283 cm³/mol. The molecule has 0 bridgehead atoms. The molecule has 1 aliphatic rings. The first-order valence-electron chi connectivity index (χ1n) is 26.2. The quantitative estimate of drug-likeness (QED) is 0.0340. The maximum atomic E-state index is 14.7. The Kier molecular flexibility index (Phi) is 24.8. The summed E-state index contributed by atoms with van der Waals surface area (Å²) in [5.41, 5.74) is 7.25. The molecule has 0 spiro atoms. The fraction of sp³-hybridized carbons (Fsp3) is 0.528. The molecule has 1 saturated heterocycles. The summed E-state index contributed by atoms with van der Waals surface area (Å²) < 4.78 is 0. The van der Waals surface area contributed by atoms with Gasteiger partial charge in [-0.3, -0.25) is 43.2 Å². The topological polar surface area (TPSA) is 414 Å². The molecule has 0 aliphatic carbocycles. The number of aliphatic hydroxyl groups is 2. The maximum Gasteiger partial charge on any atom is 0.326 e. The highest BCUT2D eigenvalue weighted by atomic mass is 16.4. The number of aromatic hydroxyl groups is 1.